The lowest BCUT2D eigenvalue weighted by Crippen LogP contribution is -2.12. The molecule has 0 atom stereocenters. The van der Waals surface area contributed by atoms with Crippen LogP contribution in [0.1, 0.15) is 43.2 Å². The summed E-state index contributed by atoms with van der Waals surface area (Å²) in [7, 11) is 0. The van der Waals surface area contributed by atoms with E-state index in [1.54, 1.807) is 0 Å². The number of rotatable bonds is 6. The predicted octanol–water partition coefficient (Wildman–Crippen LogP) is 8.43. The second kappa shape index (κ2) is 10.5. The summed E-state index contributed by atoms with van der Waals surface area (Å²) in [5, 5.41) is 0. The normalized spacial score (nSPS) is 11.5. The van der Waals surface area contributed by atoms with Gasteiger partial charge in [0, 0.05) is 24.9 Å². The molecule has 37 heavy (non-hydrogen) atoms. The predicted molar refractivity (Wildman–Crippen MR) is 156 cm³/mol. The van der Waals surface area contributed by atoms with E-state index in [4.69, 9.17) is 10.7 Å². The molecule has 0 aliphatic heterocycles. The highest BCUT2D eigenvalue weighted by Gasteiger charge is 2.19. The van der Waals surface area contributed by atoms with Gasteiger partial charge in [0.2, 0.25) is 0 Å². The van der Waals surface area contributed by atoms with Crippen LogP contribution in [-0.4, -0.2) is 4.98 Å². The van der Waals surface area contributed by atoms with E-state index in [0.29, 0.717) is 6.54 Å². The molecule has 5 aromatic rings. The van der Waals surface area contributed by atoms with E-state index in [1.165, 1.54) is 50.1 Å². The van der Waals surface area contributed by atoms with Gasteiger partial charge in [0.1, 0.15) is 0 Å². The third-order valence-electron chi connectivity index (χ3n) is 7.03. The van der Waals surface area contributed by atoms with Crippen molar-refractivity contribution < 1.29 is 0 Å². The van der Waals surface area contributed by atoms with Crippen LogP contribution in [0.15, 0.2) is 115 Å². The zero-order valence-electron chi connectivity index (χ0n) is 21.9. The molecule has 1 aromatic heterocycles. The monoisotopic (exact) mass is 482 g/mol. The average Bonchev–Trinajstić information content (AvgIpc) is 2.93. The Hall–Kier alpha value is -4.01. The van der Waals surface area contributed by atoms with Gasteiger partial charge >= 0.3 is 0 Å². The minimum Gasteiger partial charge on any atom is -0.326 e. The summed E-state index contributed by atoms with van der Waals surface area (Å²) in [6, 6.07) is 38.8. The standard InChI is InChI=1S/C35H34N2/c1-35(2,3)28-20-21-37-29(23-28)22-27-16-10-19-32(33(27)24-36)34-30(25-12-6-4-7-13-25)17-11-18-31(34)26-14-8-5-9-15-26/h4-21,23H,22,24,36H2,1-3H3. The molecule has 0 aliphatic carbocycles. The highest BCUT2D eigenvalue weighted by molar-refractivity contribution is 5.95. The van der Waals surface area contributed by atoms with Crippen molar-refractivity contribution in [1.29, 1.82) is 0 Å². The van der Waals surface area contributed by atoms with E-state index in [1.807, 2.05) is 6.20 Å². The summed E-state index contributed by atoms with van der Waals surface area (Å²) in [5.74, 6) is 0. The topological polar surface area (TPSA) is 38.9 Å². The molecule has 0 unspecified atom stereocenters. The van der Waals surface area contributed by atoms with Crippen molar-refractivity contribution in [3.05, 3.63) is 138 Å². The summed E-state index contributed by atoms with van der Waals surface area (Å²) in [4.78, 5) is 4.72. The molecule has 0 fully saturated rings. The summed E-state index contributed by atoms with van der Waals surface area (Å²) in [6.45, 7) is 7.18. The van der Waals surface area contributed by atoms with Gasteiger partial charge in [0.15, 0.2) is 0 Å². The molecule has 2 N–H and O–H groups in total. The molecule has 0 spiro atoms. The van der Waals surface area contributed by atoms with Crippen molar-refractivity contribution in [1.82, 2.24) is 4.98 Å². The minimum absolute atomic E-state index is 0.0788. The molecule has 0 saturated heterocycles. The number of nitrogens with zero attached hydrogens (tertiary/aromatic N) is 1. The number of hydrogen-bond donors (Lipinski definition) is 1. The third-order valence-corrected chi connectivity index (χ3v) is 7.03. The van der Waals surface area contributed by atoms with Crippen LogP contribution in [0.5, 0.6) is 0 Å². The van der Waals surface area contributed by atoms with Crippen LogP contribution in [-0.2, 0) is 18.4 Å². The zero-order valence-corrected chi connectivity index (χ0v) is 21.9. The van der Waals surface area contributed by atoms with Crippen molar-refractivity contribution in [3.63, 3.8) is 0 Å². The molecule has 184 valence electrons. The molecule has 0 aliphatic rings. The van der Waals surface area contributed by atoms with Crippen LogP contribution in [0.25, 0.3) is 33.4 Å². The van der Waals surface area contributed by atoms with Gasteiger partial charge in [-0.15, -0.1) is 0 Å². The second-order valence-electron chi connectivity index (χ2n) is 10.6. The van der Waals surface area contributed by atoms with Gasteiger partial charge in [-0.2, -0.15) is 0 Å². The van der Waals surface area contributed by atoms with Crippen LogP contribution in [0.2, 0.25) is 0 Å². The summed E-state index contributed by atoms with van der Waals surface area (Å²) >= 11 is 0. The van der Waals surface area contributed by atoms with Crippen molar-refractivity contribution in [2.24, 2.45) is 5.73 Å². The number of benzene rings is 4. The first kappa shape index (κ1) is 24.7. The van der Waals surface area contributed by atoms with E-state index < -0.39 is 0 Å². The van der Waals surface area contributed by atoms with Crippen molar-refractivity contribution in [3.8, 4) is 33.4 Å². The Balaban J connectivity index is 1.70. The summed E-state index contributed by atoms with van der Waals surface area (Å²) in [6.07, 6.45) is 2.68. The third kappa shape index (κ3) is 5.26. The van der Waals surface area contributed by atoms with Crippen LogP contribution in [0.3, 0.4) is 0 Å². The molecule has 0 saturated carbocycles. The van der Waals surface area contributed by atoms with Crippen molar-refractivity contribution in [2.45, 2.75) is 39.2 Å². The van der Waals surface area contributed by atoms with Crippen LogP contribution < -0.4 is 5.73 Å². The second-order valence-corrected chi connectivity index (χ2v) is 10.6. The number of hydrogen-bond acceptors (Lipinski definition) is 2. The molecule has 0 amide bonds. The maximum Gasteiger partial charge on any atom is 0.0450 e. The number of aromatic nitrogens is 1. The Kier molecular flexibility index (Phi) is 7.03. The van der Waals surface area contributed by atoms with Crippen molar-refractivity contribution >= 4 is 0 Å². The first-order valence-electron chi connectivity index (χ1n) is 13.0. The maximum atomic E-state index is 6.50. The van der Waals surface area contributed by atoms with E-state index >= 15 is 0 Å². The molecule has 1 heterocycles. The Morgan fingerprint density at radius 3 is 1.78 bits per heavy atom. The van der Waals surface area contributed by atoms with E-state index in [2.05, 4.69) is 130 Å². The Labute approximate surface area is 220 Å². The quantitative estimate of drug-likeness (QED) is 0.264. The first-order chi connectivity index (χ1) is 18.0. The summed E-state index contributed by atoms with van der Waals surface area (Å²) < 4.78 is 0. The number of pyridine rings is 1. The van der Waals surface area contributed by atoms with Gasteiger partial charge in [0.25, 0.3) is 0 Å². The fourth-order valence-corrected chi connectivity index (χ4v) is 5.07. The Bertz CT molecular complexity index is 1440. The molecular weight excluding hydrogens is 448 g/mol. The van der Waals surface area contributed by atoms with Crippen molar-refractivity contribution in [2.75, 3.05) is 0 Å². The van der Waals surface area contributed by atoms with Crippen LogP contribution >= 0.6 is 0 Å². The van der Waals surface area contributed by atoms with E-state index in [-0.39, 0.29) is 5.41 Å². The first-order valence-corrected chi connectivity index (χ1v) is 13.0. The Morgan fingerprint density at radius 1 is 0.649 bits per heavy atom. The average molecular weight is 483 g/mol. The summed E-state index contributed by atoms with van der Waals surface area (Å²) in [5.41, 5.74) is 18.6. The fourth-order valence-electron chi connectivity index (χ4n) is 5.07. The van der Waals surface area contributed by atoms with Gasteiger partial charge in [-0.1, -0.05) is 118 Å². The zero-order chi connectivity index (χ0) is 25.8. The molecule has 4 aromatic carbocycles. The lowest BCUT2D eigenvalue weighted by molar-refractivity contribution is 0.588. The minimum atomic E-state index is 0.0788. The van der Waals surface area contributed by atoms with Gasteiger partial charge in [0.05, 0.1) is 0 Å². The van der Waals surface area contributed by atoms with Gasteiger partial charge < -0.3 is 5.73 Å². The molecule has 0 bridgehead atoms. The largest absolute Gasteiger partial charge is 0.326 e. The lowest BCUT2D eigenvalue weighted by Gasteiger charge is -2.21. The van der Waals surface area contributed by atoms with E-state index in [0.717, 1.165) is 12.1 Å². The maximum absolute atomic E-state index is 6.50. The number of nitrogens with two attached hydrogens (primary N) is 1. The smallest absolute Gasteiger partial charge is 0.0450 e. The molecular formula is C35H34N2. The van der Waals surface area contributed by atoms with Crippen LogP contribution in [0.4, 0.5) is 0 Å². The highest BCUT2D eigenvalue weighted by Crippen LogP contribution is 2.42. The van der Waals surface area contributed by atoms with Crippen LogP contribution in [0, 0.1) is 0 Å². The van der Waals surface area contributed by atoms with Gasteiger partial charge in [-0.3, -0.25) is 4.98 Å². The Morgan fingerprint density at radius 2 is 1.22 bits per heavy atom. The SMILES string of the molecule is CC(C)(C)c1ccnc(Cc2cccc(-c3c(-c4ccccc4)cccc3-c3ccccc3)c2CN)c1. The van der Waals surface area contributed by atoms with E-state index in [9.17, 15) is 0 Å². The molecule has 2 nitrogen and oxygen atoms in total. The lowest BCUT2D eigenvalue weighted by atomic mass is 9.83. The highest BCUT2D eigenvalue weighted by atomic mass is 14.7. The molecule has 5 rings (SSSR count). The fraction of sp³-hybridized carbons (Fsp3) is 0.171. The van der Waals surface area contributed by atoms with Gasteiger partial charge in [-0.05, 0) is 67.6 Å². The van der Waals surface area contributed by atoms with Gasteiger partial charge in [-0.25, -0.2) is 0 Å². The molecule has 2 heteroatoms. The molecule has 0 radical (unpaired) electrons.